The molecule has 118 valence electrons. The third-order valence-electron chi connectivity index (χ3n) is 3.38. The Morgan fingerprint density at radius 2 is 2.09 bits per heavy atom. The smallest absolute Gasteiger partial charge is 0.237 e. The van der Waals surface area contributed by atoms with Gasteiger partial charge in [0.15, 0.2) is 4.34 Å². The monoisotopic (exact) mass is 362 g/mol. The SMILES string of the molecule is Cc1ccc(Cl)cc1NC(=O)C(C)Sc1nc2ccccc2s1. The first-order valence-electron chi connectivity index (χ1n) is 7.12. The fraction of sp³-hybridized carbons (Fsp3) is 0.176. The molecule has 0 spiro atoms. The summed E-state index contributed by atoms with van der Waals surface area (Å²) in [5.74, 6) is -0.0559. The molecule has 0 aliphatic heterocycles. The van der Waals surface area contributed by atoms with Crippen molar-refractivity contribution in [2.24, 2.45) is 0 Å². The van der Waals surface area contributed by atoms with E-state index in [0.717, 1.165) is 25.8 Å². The molecule has 1 unspecified atom stereocenters. The lowest BCUT2D eigenvalue weighted by atomic mass is 10.2. The van der Waals surface area contributed by atoms with Gasteiger partial charge in [0.1, 0.15) is 0 Å². The number of carbonyl (C=O) groups excluding carboxylic acids is 1. The predicted molar refractivity (Wildman–Crippen MR) is 99.8 cm³/mol. The van der Waals surface area contributed by atoms with Crippen LogP contribution in [0.1, 0.15) is 12.5 Å². The fourth-order valence-electron chi connectivity index (χ4n) is 2.07. The number of nitrogens with one attached hydrogen (secondary N) is 1. The van der Waals surface area contributed by atoms with Gasteiger partial charge in [0.25, 0.3) is 0 Å². The molecule has 1 aromatic heterocycles. The van der Waals surface area contributed by atoms with E-state index in [9.17, 15) is 4.79 Å². The van der Waals surface area contributed by atoms with Crippen LogP contribution in [0.25, 0.3) is 10.2 Å². The molecule has 0 aliphatic carbocycles. The largest absolute Gasteiger partial charge is 0.325 e. The van der Waals surface area contributed by atoms with E-state index in [1.807, 2.05) is 50.2 Å². The van der Waals surface area contributed by atoms with Crippen LogP contribution in [-0.2, 0) is 4.79 Å². The van der Waals surface area contributed by atoms with Crippen LogP contribution in [-0.4, -0.2) is 16.1 Å². The molecular formula is C17H15ClN2OS2. The van der Waals surface area contributed by atoms with E-state index in [1.54, 1.807) is 17.4 Å². The molecule has 23 heavy (non-hydrogen) atoms. The first-order chi connectivity index (χ1) is 11.0. The van der Waals surface area contributed by atoms with Gasteiger partial charge in [-0.05, 0) is 43.7 Å². The Labute approximate surface area is 148 Å². The van der Waals surface area contributed by atoms with E-state index in [2.05, 4.69) is 10.3 Å². The van der Waals surface area contributed by atoms with Crippen LogP contribution in [0.3, 0.4) is 0 Å². The number of aryl methyl sites for hydroxylation is 1. The zero-order valence-electron chi connectivity index (χ0n) is 12.7. The molecular weight excluding hydrogens is 348 g/mol. The van der Waals surface area contributed by atoms with Crippen molar-refractivity contribution in [3.63, 3.8) is 0 Å². The molecule has 0 aliphatic rings. The van der Waals surface area contributed by atoms with Gasteiger partial charge in [-0.2, -0.15) is 0 Å². The first-order valence-corrected chi connectivity index (χ1v) is 9.19. The van der Waals surface area contributed by atoms with Crippen LogP contribution < -0.4 is 5.32 Å². The second-order valence-corrected chi connectivity index (χ2v) is 8.21. The molecule has 0 saturated heterocycles. The van der Waals surface area contributed by atoms with Gasteiger partial charge >= 0.3 is 0 Å². The number of fused-ring (bicyclic) bond motifs is 1. The maximum absolute atomic E-state index is 12.4. The summed E-state index contributed by atoms with van der Waals surface area (Å²) in [6, 6.07) is 13.5. The Kier molecular flexibility index (Phi) is 4.90. The van der Waals surface area contributed by atoms with Gasteiger partial charge in [-0.3, -0.25) is 4.79 Å². The molecule has 2 aromatic carbocycles. The fourth-order valence-corrected chi connectivity index (χ4v) is 4.45. The zero-order chi connectivity index (χ0) is 16.4. The van der Waals surface area contributed by atoms with Crippen LogP contribution in [0.2, 0.25) is 5.02 Å². The van der Waals surface area contributed by atoms with Gasteiger partial charge in [-0.15, -0.1) is 11.3 Å². The number of carbonyl (C=O) groups is 1. The third kappa shape index (κ3) is 3.86. The third-order valence-corrected chi connectivity index (χ3v) is 5.84. The lowest BCUT2D eigenvalue weighted by Gasteiger charge is -2.12. The Balaban J connectivity index is 1.71. The van der Waals surface area contributed by atoms with Crippen molar-refractivity contribution in [3.8, 4) is 0 Å². The van der Waals surface area contributed by atoms with Gasteiger partial charge in [0.05, 0.1) is 15.5 Å². The molecule has 3 rings (SSSR count). The average molecular weight is 363 g/mol. The summed E-state index contributed by atoms with van der Waals surface area (Å²) in [6.07, 6.45) is 0. The zero-order valence-corrected chi connectivity index (χ0v) is 15.1. The molecule has 3 aromatic rings. The van der Waals surface area contributed by atoms with E-state index < -0.39 is 0 Å². The molecule has 1 atom stereocenters. The second kappa shape index (κ2) is 6.91. The van der Waals surface area contributed by atoms with E-state index >= 15 is 0 Å². The van der Waals surface area contributed by atoms with E-state index in [0.29, 0.717) is 5.02 Å². The van der Waals surface area contributed by atoms with Crippen molar-refractivity contribution in [2.75, 3.05) is 5.32 Å². The highest BCUT2D eigenvalue weighted by Crippen LogP contribution is 2.32. The number of rotatable bonds is 4. The summed E-state index contributed by atoms with van der Waals surface area (Å²) < 4.78 is 2.03. The van der Waals surface area contributed by atoms with Gasteiger partial charge in [0, 0.05) is 10.7 Å². The average Bonchev–Trinajstić information content (AvgIpc) is 2.93. The highest BCUT2D eigenvalue weighted by Gasteiger charge is 2.17. The summed E-state index contributed by atoms with van der Waals surface area (Å²) in [5, 5.41) is 3.30. The maximum Gasteiger partial charge on any atom is 0.237 e. The van der Waals surface area contributed by atoms with Crippen LogP contribution in [0.5, 0.6) is 0 Å². The Bertz CT molecular complexity index is 830. The minimum Gasteiger partial charge on any atom is -0.325 e. The minimum absolute atomic E-state index is 0.0559. The number of hydrogen-bond acceptors (Lipinski definition) is 4. The number of aromatic nitrogens is 1. The molecule has 6 heteroatoms. The van der Waals surface area contributed by atoms with Crippen molar-refractivity contribution >= 4 is 56.5 Å². The van der Waals surface area contributed by atoms with Crippen LogP contribution in [0.15, 0.2) is 46.8 Å². The number of thiazole rings is 1. The number of benzene rings is 2. The highest BCUT2D eigenvalue weighted by atomic mass is 35.5. The number of thioether (sulfide) groups is 1. The Hall–Kier alpha value is -1.56. The first kappa shape index (κ1) is 16.3. The minimum atomic E-state index is -0.242. The lowest BCUT2D eigenvalue weighted by Crippen LogP contribution is -2.22. The molecule has 0 saturated carbocycles. The summed E-state index contributed by atoms with van der Waals surface area (Å²) in [5.41, 5.74) is 2.71. The van der Waals surface area contributed by atoms with Crippen LogP contribution >= 0.6 is 34.7 Å². The van der Waals surface area contributed by atoms with Crippen molar-refractivity contribution in [3.05, 3.63) is 53.1 Å². The van der Waals surface area contributed by atoms with Crippen LogP contribution in [0.4, 0.5) is 5.69 Å². The van der Waals surface area contributed by atoms with Crippen molar-refractivity contribution in [2.45, 2.75) is 23.4 Å². The van der Waals surface area contributed by atoms with E-state index in [-0.39, 0.29) is 11.2 Å². The number of amides is 1. The molecule has 0 radical (unpaired) electrons. The van der Waals surface area contributed by atoms with Crippen molar-refractivity contribution < 1.29 is 4.79 Å². The lowest BCUT2D eigenvalue weighted by molar-refractivity contribution is -0.115. The quantitative estimate of drug-likeness (QED) is 0.634. The molecule has 0 fully saturated rings. The highest BCUT2D eigenvalue weighted by molar-refractivity contribution is 8.02. The summed E-state index contributed by atoms with van der Waals surface area (Å²) in [6.45, 7) is 3.82. The van der Waals surface area contributed by atoms with Crippen molar-refractivity contribution in [1.29, 1.82) is 0 Å². The summed E-state index contributed by atoms with van der Waals surface area (Å²) >= 11 is 9.06. The molecule has 1 heterocycles. The number of nitrogens with zero attached hydrogens (tertiary/aromatic N) is 1. The standard InChI is InChI=1S/C17H15ClN2OS2/c1-10-7-8-12(18)9-14(10)19-16(21)11(2)22-17-20-13-5-3-4-6-15(13)23-17/h3-9,11H,1-2H3,(H,19,21). The van der Waals surface area contributed by atoms with E-state index in [4.69, 9.17) is 11.6 Å². The predicted octanol–water partition coefficient (Wildman–Crippen LogP) is 5.38. The normalized spacial score (nSPS) is 12.3. The molecule has 1 N–H and O–H groups in total. The van der Waals surface area contributed by atoms with Gasteiger partial charge in [-0.1, -0.05) is 41.6 Å². The van der Waals surface area contributed by atoms with E-state index in [1.165, 1.54) is 11.8 Å². The topological polar surface area (TPSA) is 42.0 Å². The Morgan fingerprint density at radius 1 is 1.30 bits per heavy atom. The van der Waals surface area contributed by atoms with Gasteiger partial charge in [0.2, 0.25) is 5.91 Å². The second-order valence-electron chi connectivity index (χ2n) is 5.16. The molecule has 3 nitrogen and oxygen atoms in total. The van der Waals surface area contributed by atoms with Gasteiger partial charge in [-0.25, -0.2) is 4.98 Å². The molecule has 1 amide bonds. The number of halogens is 1. The maximum atomic E-state index is 12.4. The summed E-state index contributed by atoms with van der Waals surface area (Å²) in [7, 11) is 0. The number of para-hydroxylation sites is 1. The van der Waals surface area contributed by atoms with Crippen LogP contribution in [0, 0.1) is 6.92 Å². The summed E-state index contributed by atoms with van der Waals surface area (Å²) in [4.78, 5) is 17.0. The Morgan fingerprint density at radius 3 is 2.87 bits per heavy atom. The van der Waals surface area contributed by atoms with Crippen molar-refractivity contribution in [1.82, 2.24) is 4.98 Å². The number of anilines is 1. The van der Waals surface area contributed by atoms with Gasteiger partial charge < -0.3 is 5.32 Å². The number of hydrogen-bond donors (Lipinski definition) is 1. The molecule has 0 bridgehead atoms.